The topological polar surface area (TPSA) is 66.5 Å². The summed E-state index contributed by atoms with van der Waals surface area (Å²) in [5.74, 6) is 0.832. The molecule has 0 aliphatic carbocycles. The smallest absolute Gasteiger partial charge is 0.251 e. The Labute approximate surface area is 152 Å². The summed E-state index contributed by atoms with van der Waals surface area (Å²) in [6.07, 6.45) is 0.643. The van der Waals surface area contributed by atoms with Gasteiger partial charge in [0.2, 0.25) is 10.0 Å². The molecule has 0 saturated carbocycles. The second-order valence-electron chi connectivity index (χ2n) is 5.71. The van der Waals surface area contributed by atoms with Crippen LogP contribution in [-0.4, -0.2) is 38.9 Å². The lowest BCUT2D eigenvalue weighted by atomic mass is 10.2. The fourth-order valence-electron chi connectivity index (χ4n) is 2.66. The van der Waals surface area contributed by atoms with E-state index in [2.05, 4.69) is 5.32 Å². The van der Waals surface area contributed by atoms with Crippen LogP contribution >= 0.6 is 11.8 Å². The minimum absolute atomic E-state index is 0.149. The van der Waals surface area contributed by atoms with E-state index in [0.29, 0.717) is 30.8 Å². The summed E-state index contributed by atoms with van der Waals surface area (Å²) >= 11 is 1.69. The van der Waals surface area contributed by atoms with Crippen molar-refractivity contribution in [3.05, 3.63) is 60.2 Å². The number of benzene rings is 2. The number of hydrogen-bond acceptors (Lipinski definition) is 4. The van der Waals surface area contributed by atoms with E-state index >= 15 is 0 Å². The van der Waals surface area contributed by atoms with Crippen LogP contribution in [0.15, 0.2) is 59.5 Å². The van der Waals surface area contributed by atoms with E-state index in [1.165, 1.54) is 9.20 Å². The normalized spacial score (nSPS) is 15.9. The molecule has 0 bridgehead atoms. The molecule has 1 aliphatic heterocycles. The van der Waals surface area contributed by atoms with Crippen LogP contribution in [0.25, 0.3) is 0 Å². The van der Waals surface area contributed by atoms with E-state index in [4.69, 9.17) is 0 Å². The van der Waals surface area contributed by atoms with Gasteiger partial charge < -0.3 is 5.32 Å². The zero-order valence-electron chi connectivity index (χ0n) is 13.7. The lowest BCUT2D eigenvalue weighted by Gasteiger charge is -2.17. The van der Waals surface area contributed by atoms with Crippen molar-refractivity contribution in [2.45, 2.75) is 11.3 Å². The van der Waals surface area contributed by atoms with E-state index in [1.54, 1.807) is 36.0 Å². The average molecular weight is 377 g/mol. The van der Waals surface area contributed by atoms with Crippen molar-refractivity contribution in [1.29, 1.82) is 0 Å². The lowest BCUT2D eigenvalue weighted by molar-refractivity contribution is 0.0956. The van der Waals surface area contributed by atoms with Crippen molar-refractivity contribution in [3.8, 4) is 0 Å². The Morgan fingerprint density at radius 3 is 2.44 bits per heavy atom. The van der Waals surface area contributed by atoms with Crippen molar-refractivity contribution in [3.63, 3.8) is 0 Å². The Hall–Kier alpha value is -1.99. The lowest BCUT2D eigenvalue weighted by Crippen LogP contribution is -2.26. The summed E-state index contributed by atoms with van der Waals surface area (Å²) in [6, 6.07) is 16.8. The number of anilines is 1. The highest BCUT2D eigenvalue weighted by Crippen LogP contribution is 2.24. The van der Waals surface area contributed by atoms with Gasteiger partial charge in [0.25, 0.3) is 5.91 Å². The zero-order chi connectivity index (χ0) is 17.7. The maximum absolute atomic E-state index is 12.2. The maximum Gasteiger partial charge on any atom is 0.251 e. The zero-order valence-corrected chi connectivity index (χ0v) is 15.4. The van der Waals surface area contributed by atoms with Gasteiger partial charge in [-0.3, -0.25) is 9.10 Å². The highest BCUT2D eigenvalue weighted by molar-refractivity contribution is 7.99. The number of sulfonamides is 1. The Morgan fingerprint density at radius 1 is 1.08 bits per heavy atom. The molecule has 2 aromatic carbocycles. The Balaban J connectivity index is 1.51. The van der Waals surface area contributed by atoms with E-state index in [9.17, 15) is 13.2 Å². The van der Waals surface area contributed by atoms with Crippen molar-refractivity contribution >= 4 is 33.4 Å². The SMILES string of the molecule is O=C(NCCSc1ccccc1)c1ccc(N2CCCS2(=O)=O)cc1. The number of rotatable bonds is 6. The van der Waals surface area contributed by atoms with E-state index in [-0.39, 0.29) is 11.7 Å². The van der Waals surface area contributed by atoms with Crippen molar-refractivity contribution in [1.82, 2.24) is 5.32 Å². The highest BCUT2D eigenvalue weighted by atomic mass is 32.2. The number of carbonyl (C=O) groups is 1. The monoisotopic (exact) mass is 376 g/mol. The van der Waals surface area contributed by atoms with Gasteiger partial charge in [0.15, 0.2) is 0 Å². The van der Waals surface area contributed by atoms with Gasteiger partial charge in [-0.05, 0) is 42.8 Å². The molecule has 5 nitrogen and oxygen atoms in total. The Morgan fingerprint density at radius 2 is 1.80 bits per heavy atom. The van der Waals surface area contributed by atoms with E-state index < -0.39 is 10.0 Å². The van der Waals surface area contributed by atoms with Crippen molar-refractivity contribution in [2.75, 3.05) is 28.9 Å². The first-order chi connectivity index (χ1) is 12.1. The minimum Gasteiger partial charge on any atom is -0.351 e. The van der Waals surface area contributed by atoms with Crippen molar-refractivity contribution in [2.24, 2.45) is 0 Å². The number of hydrogen-bond donors (Lipinski definition) is 1. The van der Waals surface area contributed by atoms with Crippen LogP contribution in [0.5, 0.6) is 0 Å². The fraction of sp³-hybridized carbons (Fsp3) is 0.278. The van der Waals surface area contributed by atoms with Gasteiger partial charge in [-0.15, -0.1) is 11.8 Å². The first kappa shape index (κ1) is 17.8. The molecule has 0 unspecified atom stereocenters. The third-order valence-corrected chi connectivity index (χ3v) is 6.80. The molecule has 1 fully saturated rings. The van der Waals surface area contributed by atoms with Crippen LogP contribution in [-0.2, 0) is 10.0 Å². The van der Waals surface area contributed by atoms with Gasteiger partial charge >= 0.3 is 0 Å². The molecule has 1 saturated heterocycles. The molecule has 132 valence electrons. The number of nitrogens with zero attached hydrogens (tertiary/aromatic N) is 1. The average Bonchev–Trinajstić information content (AvgIpc) is 2.99. The molecule has 0 atom stereocenters. The largest absolute Gasteiger partial charge is 0.351 e. The number of carbonyl (C=O) groups excluding carboxylic acids is 1. The molecule has 2 aromatic rings. The molecule has 1 heterocycles. The molecular weight excluding hydrogens is 356 g/mol. The number of thioether (sulfide) groups is 1. The summed E-state index contributed by atoms with van der Waals surface area (Å²) in [5, 5.41) is 2.88. The first-order valence-corrected chi connectivity index (χ1v) is 10.7. The van der Waals surface area contributed by atoms with Crippen LogP contribution in [0.3, 0.4) is 0 Å². The molecule has 0 spiro atoms. The van der Waals surface area contributed by atoms with E-state index in [0.717, 1.165) is 5.75 Å². The Bertz CT molecular complexity index is 821. The molecule has 0 aromatic heterocycles. The third-order valence-electron chi connectivity index (χ3n) is 3.92. The fourth-order valence-corrected chi connectivity index (χ4v) is 5.01. The molecule has 1 N–H and O–H groups in total. The standard InChI is InChI=1S/C18H20N2O3S2/c21-18(19-11-13-24-17-5-2-1-3-6-17)15-7-9-16(10-8-15)20-12-4-14-25(20,22)23/h1-3,5-10H,4,11-14H2,(H,19,21). The van der Waals surface area contributed by atoms with Gasteiger partial charge in [-0.2, -0.15) is 0 Å². The molecule has 7 heteroatoms. The van der Waals surface area contributed by atoms with Crippen molar-refractivity contribution < 1.29 is 13.2 Å². The summed E-state index contributed by atoms with van der Waals surface area (Å²) < 4.78 is 25.2. The molecule has 1 aliphatic rings. The number of nitrogens with one attached hydrogen (secondary N) is 1. The van der Waals surface area contributed by atoms with Gasteiger partial charge in [-0.1, -0.05) is 18.2 Å². The predicted octanol–water partition coefficient (Wildman–Crippen LogP) is 2.75. The molecule has 0 radical (unpaired) electrons. The van der Waals surface area contributed by atoms with Gasteiger partial charge in [0.05, 0.1) is 11.4 Å². The third kappa shape index (κ3) is 4.55. The highest BCUT2D eigenvalue weighted by Gasteiger charge is 2.28. The van der Waals surface area contributed by atoms with Crippen LogP contribution < -0.4 is 9.62 Å². The molecular formula is C18H20N2O3S2. The summed E-state index contributed by atoms with van der Waals surface area (Å²) in [6.45, 7) is 1.07. The van der Waals surface area contributed by atoms with Gasteiger partial charge in [-0.25, -0.2) is 8.42 Å². The first-order valence-electron chi connectivity index (χ1n) is 8.13. The van der Waals surface area contributed by atoms with E-state index in [1.807, 2.05) is 30.3 Å². The second-order valence-corrected chi connectivity index (χ2v) is 8.89. The predicted molar refractivity (Wildman–Crippen MR) is 102 cm³/mol. The summed E-state index contributed by atoms with van der Waals surface area (Å²) in [7, 11) is -3.19. The molecule has 1 amide bonds. The molecule has 25 heavy (non-hydrogen) atoms. The van der Waals surface area contributed by atoms with Gasteiger partial charge in [0.1, 0.15) is 0 Å². The quantitative estimate of drug-likeness (QED) is 0.622. The Kier molecular flexibility index (Phi) is 5.65. The summed E-state index contributed by atoms with van der Waals surface area (Å²) in [5.41, 5.74) is 1.15. The maximum atomic E-state index is 12.2. The minimum atomic E-state index is -3.19. The second kappa shape index (κ2) is 7.93. The molecule has 3 rings (SSSR count). The van der Waals surface area contributed by atoms with Crippen LogP contribution in [0.4, 0.5) is 5.69 Å². The number of amides is 1. The summed E-state index contributed by atoms with van der Waals surface area (Å²) in [4.78, 5) is 13.3. The van der Waals surface area contributed by atoms with Crippen LogP contribution in [0.1, 0.15) is 16.8 Å². The van der Waals surface area contributed by atoms with Crippen LogP contribution in [0.2, 0.25) is 0 Å². The van der Waals surface area contributed by atoms with Crippen LogP contribution in [0, 0.1) is 0 Å². The van der Waals surface area contributed by atoms with Gasteiger partial charge in [0, 0.05) is 29.3 Å².